The number of carbonyl (C=O) groups excluding carboxylic acids is 1. The lowest BCUT2D eigenvalue weighted by atomic mass is 10.0. The van der Waals surface area contributed by atoms with Gasteiger partial charge in [-0.25, -0.2) is 0 Å². The van der Waals surface area contributed by atoms with E-state index in [1.807, 2.05) is 31.2 Å². The van der Waals surface area contributed by atoms with Gasteiger partial charge >= 0.3 is 0 Å². The number of nitrogens with zero attached hydrogens (tertiary/aromatic N) is 2. The number of benzene rings is 1. The smallest absolute Gasteiger partial charge is 0.232 e. The Morgan fingerprint density at radius 3 is 2.50 bits per heavy atom. The van der Waals surface area contributed by atoms with Gasteiger partial charge in [0.2, 0.25) is 5.91 Å². The van der Waals surface area contributed by atoms with Gasteiger partial charge < -0.3 is 10.1 Å². The standard InChI is InChI=1S/C13H17N3O2/c1-9(13(17)15-10(2)16-14-3)11-5-7-12(18-4)8-6-11/h5-9H,3H2,1-2,4H3,(H,15,16,17). The van der Waals surface area contributed by atoms with Crippen LogP contribution in [0.15, 0.2) is 34.5 Å². The average Bonchev–Trinajstić information content (AvgIpc) is 2.38. The highest BCUT2D eigenvalue weighted by Gasteiger charge is 2.15. The van der Waals surface area contributed by atoms with Crippen LogP contribution in [0, 0.1) is 0 Å². The molecule has 0 aliphatic carbocycles. The summed E-state index contributed by atoms with van der Waals surface area (Å²) >= 11 is 0. The molecule has 0 spiro atoms. The Morgan fingerprint density at radius 2 is 2.00 bits per heavy atom. The number of rotatable bonds is 4. The van der Waals surface area contributed by atoms with Crippen molar-refractivity contribution < 1.29 is 9.53 Å². The van der Waals surface area contributed by atoms with Crippen LogP contribution in [0.1, 0.15) is 25.3 Å². The van der Waals surface area contributed by atoms with Gasteiger partial charge in [-0.1, -0.05) is 12.1 Å². The third-order valence-corrected chi connectivity index (χ3v) is 2.53. The van der Waals surface area contributed by atoms with Crippen molar-refractivity contribution in [3.63, 3.8) is 0 Å². The summed E-state index contributed by atoms with van der Waals surface area (Å²) < 4.78 is 5.07. The zero-order valence-electron chi connectivity index (χ0n) is 10.8. The van der Waals surface area contributed by atoms with E-state index in [-0.39, 0.29) is 11.8 Å². The number of ether oxygens (including phenoxy) is 1. The van der Waals surface area contributed by atoms with Crippen LogP contribution in [0.25, 0.3) is 0 Å². The van der Waals surface area contributed by atoms with Crippen molar-refractivity contribution in [2.75, 3.05) is 7.11 Å². The first kappa shape index (κ1) is 13.9. The fourth-order valence-electron chi connectivity index (χ4n) is 1.46. The largest absolute Gasteiger partial charge is 0.497 e. The van der Waals surface area contributed by atoms with Gasteiger partial charge in [-0.05, 0) is 31.5 Å². The molecule has 5 nitrogen and oxygen atoms in total. The van der Waals surface area contributed by atoms with Gasteiger partial charge in [-0.15, -0.1) is 5.10 Å². The summed E-state index contributed by atoms with van der Waals surface area (Å²) in [5.74, 6) is 0.784. The third kappa shape index (κ3) is 3.69. The molecule has 1 amide bonds. The number of amides is 1. The Kier molecular flexibility index (Phi) is 5.05. The highest BCUT2D eigenvalue weighted by molar-refractivity contribution is 5.99. The van der Waals surface area contributed by atoms with E-state index in [0.29, 0.717) is 5.84 Å². The summed E-state index contributed by atoms with van der Waals surface area (Å²) in [6.45, 7) is 6.71. The summed E-state index contributed by atoms with van der Waals surface area (Å²) in [6.07, 6.45) is 0. The van der Waals surface area contributed by atoms with E-state index in [1.54, 1.807) is 14.0 Å². The number of amidine groups is 1. The van der Waals surface area contributed by atoms with Crippen LogP contribution in [-0.4, -0.2) is 25.6 Å². The predicted octanol–water partition coefficient (Wildman–Crippen LogP) is 1.95. The fraction of sp³-hybridized carbons (Fsp3) is 0.308. The van der Waals surface area contributed by atoms with E-state index in [9.17, 15) is 4.79 Å². The van der Waals surface area contributed by atoms with Gasteiger partial charge in [0.1, 0.15) is 11.6 Å². The maximum Gasteiger partial charge on any atom is 0.232 e. The van der Waals surface area contributed by atoms with Gasteiger partial charge in [0.25, 0.3) is 0 Å². The first-order valence-electron chi connectivity index (χ1n) is 5.53. The molecule has 0 heterocycles. The predicted molar refractivity (Wildman–Crippen MR) is 72.2 cm³/mol. The van der Waals surface area contributed by atoms with E-state index < -0.39 is 0 Å². The Morgan fingerprint density at radius 1 is 1.39 bits per heavy atom. The van der Waals surface area contributed by atoms with Crippen LogP contribution in [0.4, 0.5) is 0 Å². The molecule has 0 saturated carbocycles. The molecule has 0 aromatic heterocycles. The fourth-order valence-corrected chi connectivity index (χ4v) is 1.46. The second-order valence-electron chi connectivity index (χ2n) is 3.81. The number of methoxy groups -OCH3 is 1. The topological polar surface area (TPSA) is 63.0 Å². The molecule has 0 bridgehead atoms. The van der Waals surface area contributed by atoms with E-state index in [4.69, 9.17) is 4.74 Å². The Balaban J connectivity index is 2.73. The Hall–Kier alpha value is -2.17. The van der Waals surface area contributed by atoms with E-state index in [2.05, 4.69) is 22.2 Å². The van der Waals surface area contributed by atoms with Crippen LogP contribution >= 0.6 is 0 Å². The van der Waals surface area contributed by atoms with Crippen molar-refractivity contribution >= 4 is 18.5 Å². The monoisotopic (exact) mass is 247 g/mol. The number of nitrogens with one attached hydrogen (secondary N) is 1. The molecule has 0 radical (unpaired) electrons. The molecule has 1 atom stereocenters. The first-order valence-corrected chi connectivity index (χ1v) is 5.53. The normalized spacial score (nSPS) is 12.7. The zero-order valence-corrected chi connectivity index (χ0v) is 10.8. The SMILES string of the molecule is C=N/N=C(\C)NC(=O)C(C)c1ccc(OC)cc1. The van der Waals surface area contributed by atoms with Crippen molar-refractivity contribution in [2.24, 2.45) is 10.2 Å². The van der Waals surface area contributed by atoms with E-state index in [1.165, 1.54) is 0 Å². The molecule has 1 N–H and O–H groups in total. The molecule has 1 rings (SSSR count). The van der Waals surface area contributed by atoms with E-state index >= 15 is 0 Å². The van der Waals surface area contributed by atoms with Gasteiger partial charge in [0, 0.05) is 6.72 Å². The molecule has 1 unspecified atom stereocenters. The maximum absolute atomic E-state index is 11.9. The van der Waals surface area contributed by atoms with Crippen molar-refractivity contribution in [1.82, 2.24) is 5.32 Å². The van der Waals surface area contributed by atoms with Gasteiger partial charge in [0.15, 0.2) is 0 Å². The number of hydrogen-bond acceptors (Lipinski definition) is 4. The zero-order chi connectivity index (χ0) is 13.5. The molecule has 0 aliphatic rings. The molecular formula is C13H17N3O2. The lowest BCUT2D eigenvalue weighted by Crippen LogP contribution is -2.31. The Labute approximate surface area is 107 Å². The molecule has 1 aromatic rings. The van der Waals surface area contributed by atoms with Crippen LogP contribution in [0.3, 0.4) is 0 Å². The highest BCUT2D eigenvalue weighted by Crippen LogP contribution is 2.19. The van der Waals surface area contributed by atoms with Crippen molar-refractivity contribution in [1.29, 1.82) is 0 Å². The average molecular weight is 247 g/mol. The minimum atomic E-state index is -0.272. The Bertz CT molecular complexity index is 452. The van der Waals surface area contributed by atoms with Crippen LogP contribution < -0.4 is 10.1 Å². The van der Waals surface area contributed by atoms with E-state index in [0.717, 1.165) is 11.3 Å². The summed E-state index contributed by atoms with van der Waals surface area (Å²) in [6, 6.07) is 7.37. The highest BCUT2D eigenvalue weighted by atomic mass is 16.5. The van der Waals surface area contributed by atoms with Crippen molar-refractivity contribution in [2.45, 2.75) is 19.8 Å². The van der Waals surface area contributed by atoms with Crippen LogP contribution in [0.5, 0.6) is 5.75 Å². The summed E-state index contributed by atoms with van der Waals surface area (Å²) in [5.41, 5.74) is 0.910. The van der Waals surface area contributed by atoms with Gasteiger partial charge in [-0.2, -0.15) is 5.10 Å². The second kappa shape index (κ2) is 6.54. The molecular weight excluding hydrogens is 230 g/mol. The minimum absolute atomic E-state index is 0.134. The molecule has 18 heavy (non-hydrogen) atoms. The molecule has 0 aliphatic heterocycles. The third-order valence-electron chi connectivity index (χ3n) is 2.53. The van der Waals surface area contributed by atoms with Gasteiger partial charge in [0.05, 0.1) is 13.0 Å². The molecule has 0 saturated heterocycles. The quantitative estimate of drug-likeness (QED) is 0.502. The summed E-state index contributed by atoms with van der Waals surface area (Å²) in [7, 11) is 1.60. The second-order valence-corrected chi connectivity index (χ2v) is 3.81. The molecule has 1 aromatic carbocycles. The lowest BCUT2D eigenvalue weighted by Gasteiger charge is -2.12. The number of hydrogen-bond donors (Lipinski definition) is 1. The van der Waals surface area contributed by atoms with Crippen LogP contribution in [0.2, 0.25) is 0 Å². The summed E-state index contributed by atoms with van der Waals surface area (Å²) in [4.78, 5) is 11.9. The summed E-state index contributed by atoms with van der Waals surface area (Å²) in [5, 5.41) is 9.65. The molecule has 5 heteroatoms. The minimum Gasteiger partial charge on any atom is -0.497 e. The van der Waals surface area contributed by atoms with Crippen molar-refractivity contribution in [3.8, 4) is 5.75 Å². The maximum atomic E-state index is 11.9. The van der Waals surface area contributed by atoms with Crippen molar-refractivity contribution in [3.05, 3.63) is 29.8 Å². The molecule has 96 valence electrons. The molecule has 0 fully saturated rings. The van der Waals surface area contributed by atoms with Gasteiger partial charge in [-0.3, -0.25) is 4.79 Å². The lowest BCUT2D eigenvalue weighted by molar-refractivity contribution is -0.120. The van der Waals surface area contributed by atoms with Crippen LogP contribution in [-0.2, 0) is 4.79 Å². The number of carbonyl (C=O) groups is 1. The first-order chi connectivity index (χ1) is 8.58.